The summed E-state index contributed by atoms with van der Waals surface area (Å²) in [7, 11) is -2.80. The quantitative estimate of drug-likeness (QED) is 0.785. The smallest absolute Gasteiger partial charge is 0.223 e. The van der Waals surface area contributed by atoms with Crippen molar-refractivity contribution in [3.05, 3.63) is 38.8 Å². The van der Waals surface area contributed by atoms with Crippen LogP contribution >= 0.6 is 41.8 Å². The molecule has 0 saturated carbocycles. The van der Waals surface area contributed by atoms with Crippen LogP contribution in [0.3, 0.4) is 0 Å². The number of nitrogens with one attached hydrogen (secondary N) is 1. The molecule has 0 radical (unpaired) electrons. The number of aryl methyl sites for hydroxylation is 2. The summed E-state index contributed by atoms with van der Waals surface area (Å²) in [5, 5.41) is 3.88. The molecule has 0 aliphatic heterocycles. The van der Waals surface area contributed by atoms with Gasteiger partial charge >= 0.3 is 0 Å². The van der Waals surface area contributed by atoms with Crippen molar-refractivity contribution in [3.63, 3.8) is 0 Å². The molecule has 1 aromatic carbocycles. The molecule has 3 rings (SSSR count). The number of rotatable bonds is 3. The third-order valence-corrected chi connectivity index (χ3v) is 8.08. The fourth-order valence-electron chi connectivity index (χ4n) is 2.39. The zero-order valence-electron chi connectivity index (χ0n) is 11.5. The molecule has 21 heavy (non-hydrogen) atoms. The Balaban J connectivity index is 1.91. The van der Waals surface area contributed by atoms with Crippen molar-refractivity contribution >= 4 is 52.3 Å². The number of aromatic nitrogens is 1. The van der Waals surface area contributed by atoms with Crippen molar-refractivity contribution in [2.24, 2.45) is 0 Å². The molecule has 0 unspecified atom stereocenters. The second kappa shape index (κ2) is 5.92. The van der Waals surface area contributed by atoms with E-state index in [1.54, 1.807) is 36.2 Å². The second-order valence-electron chi connectivity index (χ2n) is 5.21. The lowest BCUT2D eigenvalue weighted by Gasteiger charge is -2.15. The standard InChI is InChI=1S/C14H15Cl2N2OPS/c1-20(19,18-11-7-4-5-9(15)13(11)16)14-17-10-6-2-3-8-12(10)21-14/h4-5,7H,2-3,6,8H2,1H3,(H,18,19)/t20-/m0/s1. The Morgan fingerprint density at radius 3 is 2.81 bits per heavy atom. The van der Waals surface area contributed by atoms with Gasteiger partial charge in [-0.15, -0.1) is 11.3 Å². The number of thiazole rings is 1. The van der Waals surface area contributed by atoms with Gasteiger partial charge < -0.3 is 5.09 Å². The molecule has 0 fully saturated rings. The van der Waals surface area contributed by atoms with Gasteiger partial charge in [-0.3, -0.25) is 4.57 Å². The number of halogens is 2. The maximum atomic E-state index is 13.0. The van der Waals surface area contributed by atoms with Crippen molar-refractivity contribution in [1.29, 1.82) is 0 Å². The normalized spacial score (nSPS) is 17.1. The van der Waals surface area contributed by atoms with E-state index in [9.17, 15) is 4.57 Å². The van der Waals surface area contributed by atoms with Gasteiger partial charge in [-0.25, -0.2) is 4.98 Å². The predicted octanol–water partition coefficient (Wildman–Crippen LogP) is 4.97. The minimum atomic E-state index is -2.80. The van der Waals surface area contributed by atoms with Gasteiger partial charge in [0.15, 0.2) is 4.75 Å². The van der Waals surface area contributed by atoms with Gasteiger partial charge in [-0.1, -0.05) is 29.3 Å². The van der Waals surface area contributed by atoms with Crippen molar-refractivity contribution in [1.82, 2.24) is 4.98 Å². The Kier molecular flexibility index (Phi) is 4.33. The highest BCUT2D eigenvalue weighted by Gasteiger charge is 2.27. The van der Waals surface area contributed by atoms with E-state index in [1.165, 1.54) is 11.3 Å². The molecule has 1 heterocycles. The van der Waals surface area contributed by atoms with Crippen LogP contribution in [0.15, 0.2) is 18.2 Å². The molecule has 1 N–H and O–H groups in total. The van der Waals surface area contributed by atoms with E-state index in [1.807, 2.05) is 0 Å². The molecule has 1 aliphatic carbocycles. The van der Waals surface area contributed by atoms with Crippen LogP contribution in [0.2, 0.25) is 10.0 Å². The second-order valence-corrected chi connectivity index (χ2v) is 9.88. The topological polar surface area (TPSA) is 42.0 Å². The van der Waals surface area contributed by atoms with Gasteiger partial charge in [-0.2, -0.15) is 0 Å². The molecule has 2 aromatic rings. The van der Waals surface area contributed by atoms with Crippen LogP contribution in [-0.2, 0) is 17.4 Å². The highest BCUT2D eigenvalue weighted by Crippen LogP contribution is 2.45. The molecule has 1 aromatic heterocycles. The monoisotopic (exact) mass is 360 g/mol. The molecule has 7 heteroatoms. The lowest BCUT2D eigenvalue weighted by atomic mass is 10.0. The fourth-order valence-corrected chi connectivity index (χ4v) is 5.91. The van der Waals surface area contributed by atoms with E-state index in [0.717, 1.165) is 25.0 Å². The molecule has 1 aliphatic rings. The zero-order chi connectivity index (χ0) is 15.0. The van der Waals surface area contributed by atoms with Crippen molar-refractivity contribution in [2.75, 3.05) is 11.8 Å². The molecule has 1 atom stereocenters. The van der Waals surface area contributed by atoms with Crippen LogP contribution in [0.25, 0.3) is 0 Å². The van der Waals surface area contributed by atoms with E-state index < -0.39 is 7.29 Å². The fraction of sp³-hybridized carbons (Fsp3) is 0.357. The summed E-state index contributed by atoms with van der Waals surface area (Å²) >= 11 is 13.7. The summed E-state index contributed by atoms with van der Waals surface area (Å²) in [4.78, 5) is 5.86. The Labute approximate surface area is 138 Å². The molecule has 3 nitrogen and oxygen atoms in total. The number of nitrogens with zero attached hydrogens (tertiary/aromatic N) is 1. The molecule has 112 valence electrons. The molecular formula is C14H15Cl2N2OPS. The largest absolute Gasteiger partial charge is 0.330 e. The maximum Gasteiger partial charge on any atom is 0.223 e. The number of anilines is 1. The first-order valence-corrected chi connectivity index (χ1v) is 10.5. The summed E-state index contributed by atoms with van der Waals surface area (Å²) < 4.78 is 13.7. The van der Waals surface area contributed by atoms with Crippen LogP contribution in [0.4, 0.5) is 5.69 Å². The van der Waals surface area contributed by atoms with Crippen LogP contribution in [0.1, 0.15) is 23.4 Å². The van der Waals surface area contributed by atoms with Crippen LogP contribution in [-0.4, -0.2) is 11.6 Å². The van der Waals surface area contributed by atoms with Gasteiger partial charge in [0, 0.05) is 11.5 Å². The van der Waals surface area contributed by atoms with Gasteiger partial charge in [0.05, 0.1) is 21.4 Å². The summed E-state index contributed by atoms with van der Waals surface area (Å²) in [6.45, 7) is 1.69. The van der Waals surface area contributed by atoms with E-state index in [0.29, 0.717) is 20.5 Å². The Morgan fingerprint density at radius 1 is 1.29 bits per heavy atom. The van der Waals surface area contributed by atoms with Gasteiger partial charge in [0.2, 0.25) is 7.29 Å². The van der Waals surface area contributed by atoms with Gasteiger partial charge in [0.25, 0.3) is 0 Å². The van der Waals surface area contributed by atoms with Crippen molar-refractivity contribution < 1.29 is 4.57 Å². The predicted molar refractivity (Wildman–Crippen MR) is 92.0 cm³/mol. The van der Waals surface area contributed by atoms with Crippen LogP contribution in [0, 0.1) is 0 Å². The molecule has 0 saturated heterocycles. The van der Waals surface area contributed by atoms with E-state index >= 15 is 0 Å². The minimum Gasteiger partial charge on any atom is -0.330 e. The van der Waals surface area contributed by atoms with E-state index in [-0.39, 0.29) is 0 Å². The Bertz CT molecular complexity index is 708. The zero-order valence-corrected chi connectivity index (χ0v) is 14.8. The first kappa shape index (κ1) is 15.4. The first-order chi connectivity index (χ1) is 9.97. The third-order valence-electron chi connectivity index (χ3n) is 3.48. The number of benzene rings is 1. The average molecular weight is 361 g/mol. The Morgan fingerprint density at radius 2 is 2.05 bits per heavy atom. The maximum absolute atomic E-state index is 13.0. The summed E-state index contributed by atoms with van der Waals surface area (Å²) in [5.41, 5.74) is 1.70. The van der Waals surface area contributed by atoms with Gasteiger partial charge in [-0.05, 0) is 37.8 Å². The lowest BCUT2D eigenvalue weighted by molar-refractivity contribution is 0.587. The molecule has 0 bridgehead atoms. The summed E-state index contributed by atoms with van der Waals surface area (Å²) in [6, 6.07) is 5.26. The van der Waals surface area contributed by atoms with Crippen LogP contribution in [0.5, 0.6) is 0 Å². The number of hydrogen-bond acceptors (Lipinski definition) is 3. The SMILES string of the molecule is C[P@@](=O)(Nc1cccc(Cl)c1Cl)c1nc2c(s1)CCCC2. The minimum absolute atomic E-state index is 0.391. The highest BCUT2D eigenvalue weighted by molar-refractivity contribution is 7.77. The highest BCUT2D eigenvalue weighted by atomic mass is 35.5. The third kappa shape index (κ3) is 3.14. The van der Waals surface area contributed by atoms with Crippen LogP contribution < -0.4 is 9.84 Å². The molecular weight excluding hydrogens is 346 g/mol. The lowest BCUT2D eigenvalue weighted by Crippen LogP contribution is -2.11. The number of fused-ring (bicyclic) bond motifs is 1. The number of hydrogen-bond donors (Lipinski definition) is 1. The summed E-state index contributed by atoms with van der Waals surface area (Å²) in [6.07, 6.45) is 4.39. The van der Waals surface area contributed by atoms with Gasteiger partial charge in [0.1, 0.15) is 0 Å². The average Bonchev–Trinajstić information content (AvgIpc) is 2.88. The summed E-state index contributed by atoms with van der Waals surface area (Å²) in [5.74, 6) is 0. The first-order valence-electron chi connectivity index (χ1n) is 6.76. The van der Waals surface area contributed by atoms with Crippen molar-refractivity contribution in [2.45, 2.75) is 25.7 Å². The van der Waals surface area contributed by atoms with E-state index in [2.05, 4.69) is 10.1 Å². The van der Waals surface area contributed by atoms with E-state index in [4.69, 9.17) is 23.2 Å². The van der Waals surface area contributed by atoms with Crippen molar-refractivity contribution in [3.8, 4) is 0 Å². The molecule has 0 spiro atoms. The Hall–Kier alpha value is -0.540. The molecule has 0 amide bonds.